The monoisotopic (exact) mass is 329 g/mol. The van der Waals surface area contributed by atoms with Gasteiger partial charge in [0.05, 0.1) is 0 Å². The lowest BCUT2D eigenvalue weighted by molar-refractivity contribution is -0.131. The highest BCUT2D eigenvalue weighted by atomic mass is 16.2. The molecule has 0 radical (unpaired) electrons. The predicted molar refractivity (Wildman–Crippen MR) is 93.6 cm³/mol. The van der Waals surface area contributed by atoms with Gasteiger partial charge in [-0.2, -0.15) is 0 Å². The molecule has 0 aromatic heterocycles. The zero-order valence-electron chi connectivity index (χ0n) is 14.5. The Kier molecular flexibility index (Phi) is 5.19. The molecule has 2 fully saturated rings. The maximum absolute atomic E-state index is 12.5. The lowest BCUT2D eigenvalue weighted by atomic mass is 9.89. The van der Waals surface area contributed by atoms with E-state index >= 15 is 0 Å². The van der Waals surface area contributed by atoms with Crippen LogP contribution in [0.4, 0.5) is 0 Å². The first kappa shape index (κ1) is 17.0. The molecule has 2 amide bonds. The topological polar surface area (TPSA) is 61.4 Å². The number of amides is 2. The summed E-state index contributed by atoms with van der Waals surface area (Å²) in [6, 6.07) is 8.69. The highest BCUT2D eigenvalue weighted by Crippen LogP contribution is 2.32. The summed E-state index contributed by atoms with van der Waals surface area (Å²) in [4.78, 5) is 25.9. The number of hydrogen-bond donors (Lipinski definition) is 2. The summed E-state index contributed by atoms with van der Waals surface area (Å²) in [7, 11) is 3.49. The Labute approximate surface area is 143 Å². The molecular formula is C19H27N3O2. The fourth-order valence-corrected chi connectivity index (χ4v) is 4.01. The van der Waals surface area contributed by atoms with Crippen LogP contribution in [0.1, 0.15) is 48.0 Å². The summed E-state index contributed by atoms with van der Waals surface area (Å²) in [6.45, 7) is 0.588. The van der Waals surface area contributed by atoms with Crippen molar-refractivity contribution in [2.75, 3.05) is 14.1 Å². The summed E-state index contributed by atoms with van der Waals surface area (Å²) in [6.07, 6.45) is 5.46. The van der Waals surface area contributed by atoms with Gasteiger partial charge in [-0.25, -0.2) is 0 Å². The van der Waals surface area contributed by atoms with Gasteiger partial charge in [0, 0.05) is 44.7 Å². The van der Waals surface area contributed by atoms with E-state index in [1.54, 1.807) is 24.1 Å². The molecule has 0 spiro atoms. The molecule has 5 heteroatoms. The standard InChI is InChI=1S/C19H27N3O2/c1-20-19(24)15-5-3-13(4-6-15)12-22(2)18(23)11-14-9-16-7-8-17(10-14)21-16/h3-6,14,16-17,21H,7-12H2,1-2H3,(H,20,24). The van der Waals surface area contributed by atoms with Crippen molar-refractivity contribution in [1.82, 2.24) is 15.5 Å². The number of benzene rings is 1. The molecule has 5 nitrogen and oxygen atoms in total. The second-order valence-electron chi connectivity index (χ2n) is 7.21. The molecule has 2 heterocycles. The van der Waals surface area contributed by atoms with Gasteiger partial charge >= 0.3 is 0 Å². The van der Waals surface area contributed by atoms with Gasteiger partial charge in [-0.3, -0.25) is 9.59 Å². The van der Waals surface area contributed by atoms with Crippen molar-refractivity contribution in [3.63, 3.8) is 0 Å². The van der Waals surface area contributed by atoms with Crippen LogP contribution in [0, 0.1) is 5.92 Å². The van der Waals surface area contributed by atoms with E-state index in [4.69, 9.17) is 0 Å². The van der Waals surface area contributed by atoms with E-state index in [0.717, 1.165) is 18.4 Å². The van der Waals surface area contributed by atoms with Gasteiger partial charge in [-0.1, -0.05) is 12.1 Å². The molecule has 0 saturated carbocycles. The number of nitrogens with zero attached hydrogens (tertiary/aromatic N) is 1. The van der Waals surface area contributed by atoms with Crippen LogP contribution < -0.4 is 10.6 Å². The molecule has 1 aromatic rings. The van der Waals surface area contributed by atoms with Crippen molar-refractivity contribution < 1.29 is 9.59 Å². The quantitative estimate of drug-likeness (QED) is 0.868. The Balaban J connectivity index is 1.51. The van der Waals surface area contributed by atoms with E-state index in [1.807, 2.05) is 19.2 Å². The van der Waals surface area contributed by atoms with Crippen molar-refractivity contribution in [2.45, 2.75) is 50.7 Å². The minimum Gasteiger partial charge on any atom is -0.355 e. The van der Waals surface area contributed by atoms with Crippen LogP contribution >= 0.6 is 0 Å². The zero-order valence-corrected chi connectivity index (χ0v) is 14.5. The highest BCUT2D eigenvalue weighted by Gasteiger charge is 2.34. The number of nitrogens with one attached hydrogen (secondary N) is 2. The van der Waals surface area contributed by atoms with Gasteiger partial charge in [0.25, 0.3) is 5.91 Å². The summed E-state index contributed by atoms with van der Waals surface area (Å²) in [5.74, 6) is 0.650. The number of hydrogen-bond acceptors (Lipinski definition) is 3. The molecule has 24 heavy (non-hydrogen) atoms. The maximum Gasteiger partial charge on any atom is 0.251 e. The van der Waals surface area contributed by atoms with Crippen LogP contribution in [0.3, 0.4) is 0 Å². The van der Waals surface area contributed by atoms with Gasteiger partial charge in [-0.15, -0.1) is 0 Å². The SMILES string of the molecule is CNC(=O)c1ccc(CN(C)C(=O)CC2CC3CCC(C2)N3)cc1. The molecule has 3 rings (SSSR count). The minimum atomic E-state index is -0.0912. The van der Waals surface area contributed by atoms with Crippen LogP contribution in [0.2, 0.25) is 0 Å². The van der Waals surface area contributed by atoms with Crippen LogP contribution in [0.5, 0.6) is 0 Å². The normalized spacial score (nSPS) is 25.3. The summed E-state index contributed by atoms with van der Waals surface area (Å²) < 4.78 is 0. The van der Waals surface area contributed by atoms with E-state index in [0.29, 0.717) is 36.5 Å². The Morgan fingerprint density at radius 3 is 2.38 bits per heavy atom. The second kappa shape index (κ2) is 7.34. The third-order valence-electron chi connectivity index (χ3n) is 5.32. The Hall–Kier alpha value is -1.88. The molecule has 2 bridgehead atoms. The van der Waals surface area contributed by atoms with Crippen LogP contribution in [-0.4, -0.2) is 42.9 Å². The largest absolute Gasteiger partial charge is 0.355 e. The molecular weight excluding hydrogens is 302 g/mol. The molecule has 2 aliphatic rings. The maximum atomic E-state index is 12.5. The number of fused-ring (bicyclic) bond motifs is 2. The Morgan fingerprint density at radius 2 is 1.79 bits per heavy atom. The first-order valence-electron chi connectivity index (χ1n) is 8.86. The molecule has 1 aromatic carbocycles. The lowest BCUT2D eigenvalue weighted by Gasteiger charge is -2.30. The van der Waals surface area contributed by atoms with Crippen LogP contribution in [0.15, 0.2) is 24.3 Å². The van der Waals surface area contributed by atoms with Gasteiger partial charge in [0.2, 0.25) is 5.91 Å². The Morgan fingerprint density at radius 1 is 1.17 bits per heavy atom. The van der Waals surface area contributed by atoms with E-state index < -0.39 is 0 Å². The minimum absolute atomic E-state index is 0.0912. The molecule has 2 atom stereocenters. The van der Waals surface area contributed by atoms with Crippen molar-refractivity contribution >= 4 is 11.8 Å². The molecule has 2 unspecified atom stereocenters. The number of carbonyl (C=O) groups excluding carboxylic acids is 2. The smallest absolute Gasteiger partial charge is 0.251 e. The number of piperidine rings is 1. The number of carbonyl (C=O) groups is 2. The average Bonchev–Trinajstić information content (AvgIpc) is 2.93. The second-order valence-corrected chi connectivity index (χ2v) is 7.21. The predicted octanol–water partition coefficient (Wildman–Crippen LogP) is 1.93. The molecule has 2 N–H and O–H groups in total. The molecule has 2 aliphatic heterocycles. The van der Waals surface area contributed by atoms with E-state index in [2.05, 4.69) is 10.6 Å². The van der Waals surface area contributed by atoms with Crippen molar-refractivity contribution in [2.24, 2.45) is 5.92 Å². The molecule has 130 valence electrons. The first-order valence-corrected chi connectivity index (χ1v) is 8.86. The van der Waals surface area contributed by atoms with E-state index in [1.165, 1.54) is 12.8 Å². The van der Waals surface area contributed by atoms with Crippen molar-refractivity contribution in [3.8, 4) is 0 Å². The third-order valence-corrected chi connectivity index (χ3v) is 5.32. The first-order chi connectivity index (χ1) is 11.5. The highest BCUT2D eigenvalue weighted by molar-refractivity contribution is 5.93. The fraction of sp³-hybridized carbons (Fsp3) is 0.579. The van der Waals surface area contributed by atoms with Gasteiger partial charge < -0.3 is 15.5 Å². The van der Waals surface area contributed by atoms with Gasteiger partial charge in [0.1, 0.15) is 0 Å². The zero-order chi connectivity index (χ0) is 17.1. The summed E-state index contributed by atoms with van der Waals surface area (Å²) >= 11 is 0. The van der Waals surface area contributed by atoms with Crippen molar-refractivity contribution in [3.05, 3.63) is 35.4 Å². The summed E-state index contributed by atoms with van der Waals surface area (Å²) in [5.41, 5.74) is 1.68. The van der Waals surface area contributed by atoms with E-state index in [-0.39, 0.29) is 11.8 Å². The van der Waals surface area contributed by atoms with Gasteiger partial charge in [-0.05, 0) is 49.3 Å². The number of rotatable bonds is 5. The van der Waals surface area contributed by atoms with Crippen LogP contribution in [-0.2, 0) is 11.3 Å². The van der Waals surface area contributed by atoms with Crippen LogP contribution in [0.25, 0.3) is 0 Å². The molecule has 0 aliphatic carbocycles. The molecule has 2 saturated heterocycles. The summed E-state index contributed by atoms with van der Waals surface area (Å²) in [5, 5.41) is 6.23. The average molecular weight is 329 g/mol. The van der Waals surface area contributed by atoms with Gasteiger partial charge in [0.15, 0.2) is 0 Å². The Bertz CT molecular complexity index is 587. The third kappa shape index (κ3) is 3.96. The van der Waals surface area contributed by atoms with Crippen molar-refractivity contribution in [1.29, 1.82) is 0 Å². The lowest BCUT2D eigenvalue weighted by Crippen LogP contribution is -2.39. The van der Waals surface area contributed by atoms with E-state index in [9.17, 15) is 9.59 Å². The fourth-order valence-electron chi connectivity index (χ4n) is 4.01.